The van der Waals surface area contributed by atoms with Gasteiger partial charge in [-0.3, -0.25) is 14.4 Å². The van der Waals surface area contributed by atoms with Crippen molar-refractivity contribution in [2.24, 2.45) is 5.73 Å². The summed E-state index contributed by atoms with van der Waals surface area (Å²) in [4.78, 5) is 34.3. The van der Waals surface area contributed by atoms with Gasteiger partial charge in [0.2, 0.25) is 11.8 Å². The number of carbonyl (C=O) groups is 3. The molecule has 2 amide bonds. The molecule has 1 aromatic carbocycles. The molecule has 5 heteroatoms. The first-order valence-electron chi connectivity index (χ1n) is 7.14. The van der Waals surface area contributed by atoms with Crippen LogP contribution in [-0.4, -0.2) is 23.6 Å². The SMILES string of the molecule is CCCc1ccc(C(=O)CCC(=O)NC(C)C(N)=O)cc1. The molecule has 5 nitrogen and oxygen atoms in total. The summed E-state index contributed by atoms with van der Waals surface area (Å²) in [6.45, 7) is 3.61. The van der Waals surface area contributed by atoms with E-state index in [9.17, 15) is 14.4 Å². The Hall–Kier alpha value is -2.17. The first kappa shape index (κ1) is 16.9. The summed E-state index contributed by atoms with van der Waals surface area (Å²) in [5, 5.41) is 2.45. The van der Waals surface area contributed by atoms with Crippen LogP contribution in [-0.2, 0) is 16.0 Å². The molecule has 0 heterocycles. The number of hydrogen-bond acceptors (Lipinski definition) is 3. The standard InChI is InChI=1S/C16H22N2O3/c1-3-4-12-5-7-13(8-6-12)14(19)9-10-15(20)18-11(2)16(17)21/h5-8,11H,3-4,9-10H2,1-2H3,(H2,17,21)(H,18,20). The van der Waals surface area contributed by atoms with Gasteiger partial charge in [0.15, 0.2) is 5.78 Å². The topological polar surface area (TPSA) is 89.3 Å². The number of nitrogens with one attached hydrogen (secondary N) is 1. The van der Waals surface area contributed by atoms with Gasteiger partial charge in [0, 0.05) is 18.4 Å². The highest BCUT2D eigenvalue weighted by molar-refractivity contribution is 5.98. The summed E-state index contributed by atoms with van der Waals surface area (Å²) in [5.41, 5.74) is 6.85. The van der Waals surface area contributed by atoms with Crippen LogP contribution in [0.5, 0.6) is 0 Å². The first-order valence-corrected chi connectivity index (χ1v) is 7.14. The van der Waals surface area contributed by atoms with Crippen LogP contribution in [0.4, 0.5) is 0 Å². The van der Waals surface area contributed by atoms with Crippen molar-refractivity contribution in [1.82, 2.24) is 5.32 Å². The molecule has 114 valence electrons. The number of benzene rings is 1. The van der Waals surface area contributed by atoms with Crippen LogP contribution in [0.15, 0.2) is 24.3 Å². The number of primary amides is 1. The third kappa shape index (κ3) is 5.77. The maximum Gasteiger partial charge on any atom is 0.239 e. The number of rotatable bonds is 8. The third-order valence-corrected chi connectivity index (χ3v) is 3.20. The Kier molecular flexibility index (Phi) is 6.59. The molecular formula is C16H22N2O3. The Labute approximate surface area is 124 Å². The summed E-state index contributed by atoms with van der Waals surface area (Å²) in [6, 6.07) is 6.73. The lowest BCUT2D eigenvalue weighted by Gasteiger charge is -2.09. The van der Waals surface area contributed by atoms with E-state index in [-0.39, 0.29) is 24.5 Å². The lowest BCUT2D eigenvalue weighted by atomic mass is 10.0. The zero-order chi connectivity index (χ0) is 15.8. The van der Waals surface area contributed by atoms with Gasteiger partial charge >= 0.3 is 0 Å². The number of Topliss-reactive ketones (excluding diaryl/α,β-unsaturated/α-hetero) is 1. The lowest BCUT2D eigenvalue weighted by molar-refractivity contribution is -0.126. The first-order chi connectivity index (χ1) is 9.93. The molecule has 0 radical (unpaired) electrons. The average Bonchev–Trinajstić information content (AvgIpc) is 2.45. The van der Waals surface area contributed by atoms with Gasteiger partial charge in [0.05, 0.1) is 0 Å². The van der Waals surface area contributed by atoms with Crippen molar-refractivity contribution < 1.29 is 14.4 Å². The summed E-state index contributed by atoms with van der Waals surface area (Å²) < 4.78 is 0. The summed E-state index contributed by atoms with van der Waals surface area (Å²) in [7, 11) is 0. The van der Waals surface area contributed by atoms with Crippen molar-refractivity contribution in [1.29, 1.82) is 0 Å². The quantitative estimate of drug-likeness (QED) is 0.712. The molecule has 1 atom stereocenters. The molecule has 1 unspecified atom stereocenters. The van der Waals surface area contributed by atoms with E-state index >= 15 is 0 Å². The molecule has 0 aliphatic rings. The van der Waals surface area contributed by atoms with Gasteiger partial charge in [-0.25, -0.2) is 0 Å². The van der Waals surface area contributed by atoms with Crippen molar-refractivity contribution in [3.05, 3.63) is 35.4 Å². The van der Waals surface area contributed by atoms with E-state index < -0.39 is 11.9 Å². The highest BCUT2D eigenvalue weighted by Gasteiger charge is 2.14. The average molecular weight is 290 g/mol. The van der Waals surface area contributed by atoms with Crippen molar-refractivity contribution in [2.75, 3.05) is 0 Å². The van der Waals surface area contributed by atoms with Gasteiger partial charge in [-0.2, -0.15) is 0 Å². The fraction of sp³-hybridized carbons (Fsp3) is 0.438. The molecule has 3 N–H and O–H groups in total. The minimum absolute atomic E-state index is 0.0488. The molecule has 0 aliphatic carbocycles. The van der Waals surface area contributed by atoms with Crippen LogP contribution in [0.25, 0.3) is 0 Å². The fourth-order valence-corrected chi connectivity index (χ4v) is 1.90. The number of carbonyl (C=O) groups excluding carboxylic acids is 3. The maximum atomic E-state index is 12.0. The molecule has 0 bridgehead atoms. The van der Waals surface area contributed by atoms with Gasteiger partial charge in [-0.05, 0) is 18.9 Å². The van der Waals surface area contributed by atoms with Gasteiger partial charge < -0.3 is 11.1 Å². The van der Waals surface area contributed by atoms with E-state index in [4.69, 9.17) is 5.73 Å². The highest BCUT2D eigenvalue weighted by atomic mass is 16.2. The van der Waals surface area contributed by atoms with Gasteiger partial charge in [0.25, 0.3) is 0 Å². The van der Waals surface area contributed by atoms with Crippen LogP contribution in [0.2, 0.25) is 0 Å². The maximum absolute atomic E-state index is 12.0. The summed E-state index contributed by atoms with van der Waals surface area (Å²) >= 11 is 0. The summed E-state index contributed by atoms with van der Waals surface area (Å²) in [5.74, 6) is -1.03. The van der Waals surface area contributed by atoms with E-state index in [2.05, 4.69) is 12.2 Å². The number of hydrogen-bond donors (Lipinski definition) is 2. The molecule has 1 aromatic rings. The molecular weight excluding hydrogens is 268 g/mol. The molecule has 0 aromatic heterocycles. The van der Waals surface area contributed by atoms with Crippen molar-refractivity contribution in [3.8, 4) is 0 Å². The monoisotopic (exact) mass is 290 g/mol. The molecule has 21 heavy (non-hydrogen) atoms. The minimum atomic E-state index is -0.721. The Morgan fingerprint density at radius 1 is 1.14 bits per heavy atom. The van der Waals surface area contributed by atoms with Crippen molar-refractivity contribution >= 4 is 17.6 Å². The Morgan fingerprint density at radius 2 is 1.76 bits per heavy atom. The van der Waals surface area contributed by atoms with Crippen LogP contribution in [0.3, 0.4) is 0 Å². The van der Waals surface area contributed by atoms with Crippen LogP contribution < -0.4 is 11.1 Å². The Morgan fingerprint density at radius 3 is 2.29 bits per heavy atom. The van der Waals surface area contributed by atoms with Crippen LogP contribution in [0.1, 0.15) is 49.0 Å². The smallest absolute Gasteiger partial charge is 0.239 e. The Balaban J connectivity index is 2.46. The number of nitrogens with two attached hydrogens (primary N) is 1. The van der Waals surface area contributed by atoms with Gasteiger partial charge in [0.1, 0.15) is 6.04 Å². The number of ketones is 1. The third-order valence-electron chi connectivity index (χ3n) is 3.20. The predicted molar refractivity (Wildman–Crippen MR) is 80.8 cm³/mol. The van der Waals surface area contributed by atoms with Crippen molar-refractivity contribution in [2.45, 2.75) is 45.6 Å². The lowest BCUT2D eigenvalue weighted by Crippen LogP contribution is -2.42. The second-order valence-electron chi connectivity index (χ2n) is 5.06. The van der Waals surface area contributed by atoms with Crippen LogP contribution in [0, 0.1) is 0 Å². The largest absolute Gasteiger partial charge is 0.368 e. The molecule has 0 fully saturated rings. The van der Waals surface area contributed by atoms with E-state index in [1.807, 2.05) is 12.1 Å². The van der Waals surface area contributed by atoms with Crippen molar-refractivity contribution in [3.63, 3.8) is 0 Å². The van der Waals surface area contributed by atoms with E-state index in [1.54, 1.807) is 12.1 Å². The molecule has 0 saturated carbocycles. The van der Waals surface area contributed by atoms with E-state index in [1.165, 1.54) is 12.5 Å². The highest BCUT2D eigenvalue weighted by Crippen LogP contribution is 2.10. The number of aryl methyl sites for hydroxylation is 1. The minimum Gasteiger partial charge on any atom is -0.368 e. The Bertz CT molecular complexity index is 509. The molecule has 0 saturated heterocycles. The zero-order valence-corrected chi connectivity index (χ0v) is 12.5. The van der Waals surface area contributed by atoms with Crippen LogP contribution >= 0.6 is 0 Å². The van der Waals surface area contributed by atoms with Gasteiger partial charge in [-0.1, -0.05) is 37.6 Å². The predicted octanol–water partition coefficient (Wildman–Crippen LogP) is 1.59. The summed E-state index contributed by atoms with van der Waals surface area (Å²) in [6.07, 6.45) is 2.21. The van der Waals surface area contributed by atoms with E-state index in [0.29, 0.717) is 5.56 Å². The normalized spacial score (nSPS) is 11.7. The van der Waals surface area contributed by atoms with Gasteiger partial charge in [-0.15, -0.1) is 0 Å². The fourth-order valence-electron chi connectivity index (χ4n) is 1.90. The zero-order valence-electron chi connectivity index (χ0n) is 12.5. The molecule has 0 spiro atoms. The molecule has 0 aliphatic heterocycles. The number of amides is 2. The second kappa shape index (κ2) is 8.19. The van der Waals surface area contributed by atoms with E-state index in [0.717, 1.165) is 12.8 Å². The second-order valence-corrected chi connectivity index (χ2v) is 5.06. The molecule has 1 rings (SSSR count).